The maximum absolute atomic E-state index is 9.84. The van der Waals surface area contributed by atoms with Crippen molar-refractivity contribution in [3.05, 3.63) is 23.9 Å². The molecule has 16 heavy (non-hydrogen) atoms. The summed E-state index contributed by atoms with van der Waals surface area (Å²) in [6, 6.07) is 3.85. The average molecular weight is 223 g/mol. The van der Waals surface area contributed by atoms with Crippen LogP contribution in [-0.4, -0.2) is 28.8 Å². The van der Waals surface area contributed by atoms with Crippen molar-refractivity contribution in [3.63, 3.8) is 0 Å². The molecular weight excluding hydrogens is 202 g/mol. The van der Waals surface area contributed by atoms with Crippen molar-refractivity contribution in [2.75, 3.05) is 18.0 Å². The van der Waals surface area contributed by atoms with Gasteiger partial charge >= 0.3 is 0 Å². The fraction of sp³-hybridized carbons (Fsp3) is 0.583. The number of aromatic nitrogens is 1. The van der Waals surface area contributed by atoms with Gasteiger partial charge in [-0.25, -0.2) is 4.98 Å². The lowest BCUT2D eigenvalue weighted by atomic mass is 10.1. The van der Waals surface area contributed by atoms with Gasteiger partial charge in [0.15, 0.2) is 0 Å². The molecule has 0 aliphatic heterocycles. The van der Waals surface area contributed by atoms with Crippen molar-refractivity contribution in [2.45, 2.75) is 32.9 Å². The van der Waals surface area contributed by atoms with E-state index in [1.807, 2.05) is 24.0 Å². The minimum Gasteiger partial charge on any atom is -0.389 e. The molecule has 4 heteroatoms. The van der Waals surface area contributed by atoms with Crippen LogP contribution < -0.4 is 10.6 Å². The molecule has 0 aliphatic carbocycles. The van der Waals surface area contributed by atoms with Crippen molar-refractivity contribution < 1.29 is 5.11 Å². The van der Waals surface area contributed by atoms with Crippen LogP contribution in [0.5, 0.6) is 0 Å². The van der Waals surface area contributed by atoms with Crippen LogP contribution in [0.4, 0.5) is 5.82 Å². The van der Waals surface area contributed by atoms with Crippen LogP contribution in [0.2, 0.25) is 0 Å². The van der Waals surface area contributed by atoms with Crippen molar-refractivity contribution >= 4 is 5.82 Å². The normalized spacial score (nSPS) is 11.6. The molecule has 1 rings (SSSR count). The standard InChI is InChI=1S/C12H21N3O/c1-4-15(9-12(2,3)16)11-10(8-13)6-5-7-14-11/h5-7,16H,4,8-9,13H2,1-3H3. The maximum Gasteiger partial charge on any atom is 0.133 e. The molecule has 1 aromatic rings. The maximum atomic E-state index is 9.84. The summed E-state index contributed by atoms with van der Waals surface area (Å²) in [5, 5.41) is 9.84. The first kappa shape index (κ1) is 12.9. The molecule has 0 unspecified atom stereocenters. The minimum atomic E-state index is -0.737. The van der Waals surface area contributed by atoms with Crippen molar-refractivity contribution in [2.24, 2.45) is 5.73 Å². The predicted molar refractivity (Wildman–Crippen MR) is 66.3 cm³/mol. The molecule has 3 N–H and O–H groups in total. The number of hydrogen-bond donors (Lipinski definition) is 2. The fourth-order valence-electron chi connectivity index (χ4n) is 1.68. The van der Waals surface area contributed by atoms with Crippen LogP contribution in [0.3, 0.4) is 0 Å². The van der Waals surface area contributed by atoms with Crippen LogP contribution >= 0.6 is 0 Å². The average Bonchev–Trinajstić information content (AvgIpc) is 2.24. The van der Waals surface area contributed by atoms with Gasteiger partial charge in [0, 0.05) is 31.4 Å². The Bertz CT molecular complexity index is 333. The summed E-state index contributed by atoms with van der Waals surface area (Å²) in [6.45, 7) is 7.44. The number of rotatable bonds is 5. The highest BCUT2D eigenvalue weighted by Crippen LogP contribution is 2.18. The molecule has 4 nitrogen and oxygen atoms in total. The molecular formula is C12H21N3O. The molecule has 0 atom stereocenters. The number of nitrogens with two attached hydrogens (primary N) is 1. The lowest BCUT2D eigenvalue weighted by Crippen LogP contribution is -2.39. The van der Waals surface area contributed by atoms with Gasteiger partial charge in [-0.2, -0.15) is 0 Å². The summed E-state index contributed by atoms with van der Waals surface area (Å²) in [5.41, 5.74) is 5.95. The van der Waals surface area contributed by atoms with E-state index in [4.69, 9.17) is 5.73 Å². The number of pyridine rings is 1. The van der Waals surface area contributed by atoms with Crippen molar-refractivity contribution in [1.82, 2.24) is 4.98 Å². The Morgan fingerprint density at radius 3 is 2.69 bits per heavy atom. The zero-order chi connectivity index (χ0) is 12.2. The molecule has 0 amide bonds. The second kappa shape index (κ2) is 5.27. The van der Waals surface area contributed by atoms with Gasteiger partial charge in [0.25, 0.3) is 0 Å². The zero-order valence-corrected chi connectivity index (χ0v) is 10.3. The van der Waals surface area contributed by atoms with Crippen molar-refractivity contribution in [1.29, 1.82) is 0 Å². The first-order valence-corrected chi connectivity index (χ1v) is 5.59. The molecule has 0 saturated heterocycles. The third kappa shape index (κ3) is 3.47. The fourth-order valence-corrected chi connectivity index (χ4v) is 1.68. The van der Waals surface area contributed by atoms with E-state index in [1.54, 1.807) is 20.0 Å². The van der Waals surface area contributed by atoms with Crippen LogP contribution in [0.1, 0.15) is 26.3 Å². The summed E-state index contributed by atoms with van der Waals surface area (Å²) in [7, 11) is 0. The highest BCUT2D eigenvalue weighted by molar-refractivity contribution is 5.46. The van der Waals surface area contributed by atoms with E-state index in [9.17, 15) is 5.11 Å². The van der Waals surface area contributed by atoms with Crippen LogP contribution in [0.15, 0.2) is 18.3 Å². The SMILES string of the molecule is CCN(CC(C)(C)O)c1ncccc1CN. The largest absolute Gasteiger partial charge is 0.389 e. The minimum absolute atomic E-state index is 0.464. The highest BCUT2D eigenvalue weighted by Gasteiger charge is 2.19. The van der Waals surface area contributed by atoms with Gasteiger partial charge in [-0.1, -0.05) is 6.07 Å². The van der Waals surface area contributed by atoms with E-state index in [2.05, 4.69) is 4.98 Å². The molecule has 0 radical (unpaired) electrons. The summed E-state index contributed by atoms with van der Waals surface area (Å²) < 4.78 is 0. The molecule has 0 bridgehead atoms. The summed E-state index contributed by atoms with van der Waals surface area (Å²) in [5.74, 6) is 0.870. The van der Waals surface area contributed by atoms with Gasteiger partial charge in [0.2, 0.25) is 0 Å². The van der Waals surface area contributed by atoms with Crippen LogP contribution in [0.25, 0.3) is 0 Å². The molecule has 0 spiro atoms. The van der Waals surface area contributed by atoms with Gasteiger partial charge in [0.1, 0.15) is 5.82 Å². The Kier molecular flexibility index (Phi) is 4.26. The van der Waals surface area contributed by atoms with E-state index in [0.29, 0.717) is 13.1 Å². The smallest absolute Gasteiger partial charge is 0.133 e. The van der Waals surface area contributed by atoms with E-state index < -0.39 is 5.60 Å². The van der Waals surface area contributed by atoms with Gasteiger partial charge in [-0.15, -0.1) is 0 Å². The Morgan fingerprint density at radius 2 is 2.19 bits per heavy atom. The van der Waals surface area contributed by atoms with Gasteiger partial charge in [-0.05, 0) is 26.8 Å². The zero-order valence-electron chi connectivity index (χ0n) is 10.3. The van der Waals surface area contributed by atoms with Crippen LogP contribution in [-0.2, 0) is 6.54 Å². The van der Waals surface area contributed by atoms with Gasteiger partial charge in [-0.3, -0.25) is 0 Å². The molecule has 0 aromatic carbocycles. The number of hydrogen-bond acceptors (Lipinski definition) is 4. The summed E-state index contributed by atoms with van der Waals surface area (Å²) >= 11 is 0. The first-order valence-electron chi connectivity index (χ1n) is 5.59. The molecule has 90 valence electrons. The Morgan fingerprint density at radius 1 is 1.50 bits per heavy atom. The number of aliphatic hydroxyl groups is 1. The Labute approximate surface area is 97.1 Å². The first-order chi connectivity index (χ1) is 7.48. The van der Waals surface area contributed by atoms with E-state index in [0.717, 1.165) is 17.9 Å². The summed E-state index contributed by atoms with van der Waals surface area (Å²) in [4.78, 5) is 6.38. The third-order valence-corrected chi connectivity index (χ3v) is 2.35. The molecule has 1 aromatic heterocycles. The number of likely N-dealkylation sites (N-methyl/N-ethyl adjacent to an activating group) is 1. The summed E-state index contributed by atoms with van der Waals surface area (Å²) in [6.07, 6.45) is 1.75. The predicted octanol–water partition coefficient (Wildman–Crippen LogP) is 1.14. The molecule has 0 aliphatic rings. The molecule has 0 saturated carbocycles. The number of anilines is 1. The van der Waals surface area contributed by atoms with Crippen molar-refractivity contribution in [3.8, 4) is 0 Å². The Hall–Kier alpha value is -1.13. The Balaban J connectivity index is 2.94. The van der Waals surface area contributed by atoms with E-state index in [1.165, 1.54) is 0 Å². The molecule has 1 heterocycles. The third-order valence-electron chi connectivity index (χ3n) is 2.35. The quantitative estimate of drug-likeness (QED) is 0.785. The van der Waals surface area contributed by atoms with Crippen LogP contribution in [0, 0.1) is 0 Å². The van der Waals surface area contributed by atoms with E-state index in [-0.39, 0.29) is 0 Å². The highest BCUT2D eigenvalue weighted by atomic mass is 16.3. The van der Waals surface area contributed by atoms with Gasteiger partial charge < -0.3 is 15.7 Å². The van der Waals surface area contributed by atoms with E-state index >= 15 is 0 Å². The lowest BCUT2D eigenvalue weighted by molar-refractivity contribution is 0.0874. The molecule has 0 fully saturated rings. The monoisotopic (exact) mass is 223 g/mol. The lowest BCUT2D eigenvalue weighted by Gasteiger charge is -2.30. The number of nitrogens with zero attached hydrogens (tertiary/aromatic N) is 2. The second-order valence-electron chi connectivity index (χ2n) is 4.52. The second-order valence-corrected chi connectivity index (χ2v) is 4.52. The van der Waals surface area contributed by atoms with Gasteiger partial charge in [0.05, 0.1) is 5.60 Å². The topological polar surface area (TPSA) is 62.4 Å².